The molecule has 0 aromatic heterocycles. The van der Waals surface area contributed by atoms with Gasteiger partial charge in [-0.3, -0.25) is 24.0 Å². The lowest BCUT2D eigenvalue weighted by Crippen LogP contribution is -2.59. The molecule has 4 rings (SSSR count). The van der Waals surface area contributed by atoms with Crippen LogP contribution in [0.2, 0.25) is 0 Å². The van der Waals surface area contributed by atoms with Crippen LogP contribution in [-0.2, 0) is 40.5 Å². The number of nitrogens with zero attached hydrogens (tertiary/aromatic N) is 1. The molecule has 8 atom stereocenters. The Kier molecular flexibility index (Phi) is 18.3. The summed E-state index contributed by atoms with van der Waals surface area (Å²) in [6, 6.07) is 11.4. The molecule has 0 heterocycles. The van der Waals surface area contributed by atoms with Gasteiger partial charge in [-0.15, -0.1) is 0 Å². The number of hydrogen-bond donors (Lipinski definition) is 6. The van der Waals surface area contributed by atoms with Crippen LogP contribution in [0.25, 0.3) is 0 Å². The van der Waals surface area contributed by atoms with Gasteiger partial charge in [-0.2, -0.15) is 0 Å². The molecule has 336 valence electrons. The number of amides is 5. The van der Waals surface area contributed by atoms with Gasteiger partial charge in [0.1, 0.15) is 24.2 Å². The first-order chi connectivity index (χ1) is 28.9. The maximum atomic E-state index is 14.0. The van der Waals surface area contributed by atoms with E-state index in [2.05, 4.69) is 59.3 Å². The van der Waals surface area contributed by atoms with E-state index in [1.807, 2.05) is 56.3 Å². The molecule has 2 bridgehead atoms. The minimum Gasteiger partial charge on any atom is -0.467 e. The molecule has 0 radical (unpaired) electrons. The van der Waals surface area contributed by atoms with Crippen LogP contribution in [0.5, 0.6) is 0 Å². The number of nitrogens with one attached hydrogen (secondary N) is 5. The SMILES string of the molecule is COC(=O)[C@H](CO)NC(=O)[C@H](CCCCN(C)[C@H]1C[C@H]2CC[C@@H]1C2)NC(=O)[C@H](CC(C)C)NC(=O)[C@H](C)NC(=O)[C@H](Cc1ccccc1)NC(=O)c1ccc(C(C)(C)C)cc1. The molecule has 14 heteroatoms. The van der Waals surface area contributed by atoms with Gasteiger partial charge < -0.3 is 41.3 Å². The molecule has 0 saturated heterocycles. The fourth-order valence-electron chi connectivity index (χ4n) is 8.56. The average molecular weight is 847 g/mol. The molecule has 2 aromatic carbocycles. The predicted molar refractivity (Wildman–Crippen MR) is 234 cm³/mol. The zero-order valence-electron chi connectivity index (χ0n) is 37.4. The van der Waals surface area contributed by atoms with Crippen LogP contribution in [0.4, 0.5) is 0 Å². The van der Waals surface area contributed by atoms with Crippen LogP contribution in [-0.4, -0.2) is 109 Å². The molecule has 2 aliphatic rings. The smallest absolute Gasteiger partial charge is 0.330 e. The van der Waals surface area contributed by atoms with E-state index in [-0.39, 0.29) is 30.6 Å². The molecular weight excluding hydrogens is 777 g/mol. The van der Waals surface area contributed by atoms with Gasteiger partial charge in [-0.05, 0) is 112 Å². The van der Waals surface area contributed by atoms with E-state index >= 15 is 0 Å². The molecule has 0 unspecified atom stereocenters. The topological polar surface area (TPSA) is 195 Å². The first-order valence-corrected chi connectivity index (χ1v) is 22.0. The number of ether oxygens (including phenoxy) is 1. The summed E-state index contributed by atoms with van der Waals surface area (Å²) in [7, 11) is 3.30. The average Bonchev–Trinajstić information content (AvgIpc) is 3.87. The van der Waals surface area contributed by atoms with E-state index in [1.54, 1.807) is 12.1 Å². The van der Waals surface area contributed by atoms with E-state index in [4.69, 9.17) is 4.74 Å². The molecule has 2 aromatic rings. The highest BCUT2D eigenvalue weighted by atomic mass is 16.5. The first kappa shape index (κ1) is 48.8. The molecule has 2 saturated carbocycles. The third-order valence-corrected chi connectivity index (χ3v) is 12.1. The molecule has 6 N–H and O–H groups in total. The monoisotopic (exact) mass is 847 g/mol. The van der Waals surface area contributed by atoms with Gasteiger partial charge in [0.2, 0.25) is 23.6 Å². The largest absolute Gasteiger partial charge is 0.467 e. The third-order valence-electron chi connectivity index (χ3n) is 12.1. The maximum absolute atomic E-state index is 14.0. The number of aliphatic hydroxyl groups is 1. The molecule has 14 nitrogen and oxygen atoms in total. The van der Waals surface area contributed by atoms with Crippen LogP contribution < -0.4 is 26.6 Å². The van der Waals surface area contributed by atoms with Crippen molar-refractivity contribution < 1.29 is 38.6 Å². The molecule has 2 aliphatic carbocycles. The quantitative estimate of drug-likeness (QED) is 0.0756. The highest BCUT2D eigenvalue weighted by Crippen LogP contribution is 2.46. The molecule has 0 spiro atoms. The Hall–Kier alpha value is -4.82. The van der Waals surface area contributed by atoms with Crippen molar-refractivity contribution in [3.8, 4) is 0 Å². The lowest BCUT2D eigenvalue weighted by atomic mass is 9.86. The Morgan fingerprint density at radius 3 is 1.95 bits per heavy atom. The van der Waals surface area contributed by atoms with Crippen molar-refractivity contribution in [1.29, 1.82) is 0 Å². The van der Waals surface area contributed by atoms with E-state index < -0.39 is 72.3 Å². The Morgan fingerprint density at radius 2 is 1.38 bits per heavy atom. The van der Waals surface area contributed by atoms with Gasteiger partial charge in [0.15, 0.2) is 6.04 Å². The Labute approximate surface area is 362 Å². The zero-order valence-corrected chi connectivity index (χ0v) is 37.4. The number of benzene rings is 2. The second kappa shape index (κ2) is 22.9. The van der Waals surface area contributed by atoms with E-state index in [0.717, 1.165) is 43.0 Å². The summed E-state index contributed by atoms with van der Waals surface area (Å²) in [6.45, 7) is 11.7. The van der Waals surface area contributed by atoms with Crippen LogP contribution in [0.3, 0.4) is 0 Å². The number of unbranched alkanes of at least 4 members (excludes halogenated alkanes) is 1. The molecule has 0 aliphatic heterocycles. The summed E-state index contributed by atoms with van der Waals surface area (Å²) in [4.78, 5) is 83.1. The number of rotatable bonds is 22. The van der Waals surface area contributed by atoms with Crippen molar-refractivity contribution in [1.82, 2.24) is 31.5 Å². The first-order valence-electron chi connectivity index (χ1n) is 22.0. The predicted octanol–water partition coefficient (Wildman–Crippen LogP) is 3.79. The highest BCUT2D eigenvalue weighted by molar-refractivity contribution is 5.99. The van der Waals surface area contributed by atoms with Crippen molar-refractivity contribution in [3.63, 3.8) is 0 Å². The van der Waals surface area contributed by atoms with E-state index in [9.17, 15) is 33.9 Å². The van der Waals surface area contributed by atoms with E-state index in [1.165, 1.54) is 32.6 Å². The lowest BCUT2D eigenvalue weighted by Gasteiger charge is -2.31. The fraction of sp³-hybridized carbons (Fsp3) is 0.617. The number of carbonyl (C=O) groups excluding carboxylic acids is 6. The summed E-state index contributed by atoms with van der Waals surface area (Å²) < 4.78 is 4.73. The highest BCUT2D eigenvalue weighted by Gasteiger charge is 2.41. The normalized spacial score (nSPS) is 19.6. The van der Waals surface area contributed by atoms with Crippen LogP contribution in [0, 0.1) is 17.8 Å². The summed E-state index contributed by atoms with van der Waals surface area (Å²) in [6.07, 6.45) is 7.15. The molecular formula is C47H70N6O8. The summed E-state index contributed by atoms with van der Waals surface area (Å²) in [5.41, 5.74) is 2.15. The van der Waals surface area contributed by atoms with Crippen molar-refractivity contribution in [3.05, 3.63) is 71.3 Å². The van der Waals surface area contributed by atoms with Crippen molar-refractivity contribution in [2.24, 2.45) is 17.8 Å². The number of aliphatic hydroxyl groups excluding tert-OH is 1. The maximum Gasteiger partial charge on any atom is 0.330 e. The van der Waals surface area contributed by atoms with Gasteiger partial charge in [0.25, 0.3) is 5.91 Å². The molecule has 61 heavy (non-hydrogen) atoms. The van der Waals surface area contributed by atoms with Gasteiger partial charge in [0, 0.05) is 18.0 Å². The summed E-state index contributed by atoms with van der Waals surface area (Å²) >= 11 is 0. The lowest BCUT2D eigenvalue weighted by molar-refractivity contribution is -0.146. The van der Waals surface area contributed by atoms with Gasteiger partial charge >= 0.3 is 5.97 Å². The van der Waals surface area contributed by atoms with Gasteiger partial charge in [-0.25, -0.2) is 4.79 Å². The number of fused-ring (bicyclic) bond motifs is 2. The molecule has 5 amide bonds. The Balaban J connectivity index is 1.42. The number of methoxy groups -OCH3 is 1. The van der Waals surface area contributed by atoms with Gasteiger partial charge in [0.05, 0.1) is 13.7 Å². The van der Waals surface area contributed by atoms with Crippen molar-refractivity contribution >= 4 is 35.5 Å². The second-order valence-electron chi connectivity index (χ2n) is 18.5. The van der Waals surface area contributed by atoms with Crippen LogP contribution in [0.1, 0.15) is 114 Å². The fourth-order valence-corrected chi connectivity index (χ4v) is 8.56. The minimum atomic E-state index is -1.32. The van der Waals surface area contributed by atoms with Gasteiger partial charge in [-0.1, -0.05) is 83.5 Å². The van der Waals surface area contributed by atoms with Crippen LogP contribution >= 0.6 is 0 Å². The van der Waals surface area contributed by atoms with Crippen molar-refractivity contribution in [2.45, 2.75) is 141 Å². The number of esters is 1. The zero-order chi connectivity index (χ0) is 44.9. The second-order valence-corrected chi connectivity index (χ2v) is 18.5. The third kappa shape index (κ3) is 14.7. The van der Waals surface area contributed by atoms with Crippen molar-refractivity contribution in [2.75, 3.05) is 27.3 Å². The van der Waals surface area contributed by atoms with Crippen LogP contribution in [0.15, 0.2) is 54.6 Å². The number of hydrogen-bond acceptors (Lipinski definition) is 9. The Bertz CT molecular complexity index is 1780. The number of carbonyl (C=O) groups is 6. The minimum absolute atomic E-state index is 0.0457. The summed E-state index contributed by atoms with van der Waals surface area (Å²) in [5, 5.41) is 23.4. The molecule has 2 fully saturated rings. The standard InChI is InChI=1S/C47H70N6O8/c1-29(2)24-37(45(59)49-36(43(57)52-39(28-54)46(60)61-8)16-12-13-23-53(7)40-27-32-17-18-34(40)25-32)50-41(55)30(3)48-44(58)38(26-31-14-10-9-11-15-31)51-42(56)33-19-21-35(22-20-33)47(4,5)6/h9-11,14-15,19-22,29-30,32,34,36-40,54H,12-13,16-18,23-28H2,1-8H3,(H,48,58)(H,49,59)(H,50,55)(H,51,56)(H,52,57)/t30-,32-,34+,36-,37-,38-,39-,40-/m0/s1. The summed E-state index contributed by atoms with van der Waals surface area (Å²) in [5.74, 6) is -2.23. The Morgan fingerprint density at radius 1 is 0.754 bits per heavy atom. The van der Waals surface area contributed by atoms with E-state index in [0.29, 0.717) is 18.0 Å².